The van der Waals surface area contributed by atoms with Crippen LogP contribution in [0.3, 0.4) is 0 Å². The number of ether oxygens (including phenoxy) is 1. The summed E-state index contributed by atoms with van der Waals surface area (Å²) in [5, 5.41) is 29.8. The highest BCUT2D eigenvalue weighted by Crippen LogP contribution is 2.48. The number of hydrogen-bond acceptors (Lipinski definition) is 4. The van der Waals surface area contributed by atoms with Crippen molar-refractivity contribution in [2.75, 3.05) is 13.7 Å². The smallest absolute Gasteiger partial charge is 0.303 e. The third-order valence-electron chi connectivity index (χ3n) is 7.13. The predicted octanol–water partition coefficient (Wildman–Crippen LogP) is 4.37. The van der Waals surface area contributed by atoms with Gasteiger partial charge in [-0.05, 0) is 56.3 Å². The van der Waals surface area contributed by atoms with Crippen LogP contribution in [0.2, 0.25) is 0 Å². The summed E-state index contributed by atoms with van der Waals surface area (Å²) < 4.78 is 5.16. The van der Waals surface area contributed by atoms with Crippen molar-refractivity contribution in [3.8, 4) is 11.8 Å². The molecular formula is C24H39ClO5. The van der Waals surface area contributed by atoms with Gasteiger partial charge in [-0.3, -0.25) is 4.79 Å². The Kier molecular flexibility index (Phi) is 11.0. The summed E-state index contributed by atoms with van der Waals surface area (Å²) in [6.45, 7) is 0.726. The van der Waals surface area contributed by atoms with E-state index in [1.807, 2.05) is 0 Å². The molecule has 3 N–H and O–H groups in total. The van der Waals surface area contributed by atoms with Crippen LogP contribution in [0, 0.1) is 29.1 Å². The second kappa shape index (κ2) is 12.9. The summed E-state index contributed by atoms with van der Waals surface area (Å²) in [5.74, 6) is 5.71. The quantitative estimate of drug-likeness (QED) is 0.224. The number of aliphatic carboxylic acids is 1. The van der Waals surface area contributed by atoms with E-state index in [2.05, 4.69) is 11.8 Å². The van der Waals surface area contributed by atoms with Gasteiger partial charge in [-0.1, -0.05) is 31.6 Å². The van der Waals surface area contributed by atoms with Gasteiger partial charge in [0.1, 0.15) is 0 Å². The Morgan fingerprint density at radius 3 is 2.60 bits per heavy atom. The lowest BCUT2D eigenvalue weighted by Gasteiger charge is -2.45. The molecule has 0 heterocycles. The average molecular weight is 443 g/mol. The van der Waals surface area contributed by atoms with Crippen molar-refractivity contribution in [1.29, 1.82) is 0 Å². The molecule has 2 aliphatic carbocycles. The zero-order valence-corrected chi connectivity index (χ0v) is 19.1. The molecule has 0 amide bonds. The largest absolute Gasteiger partial charge is 0.481 e. The first kappa shape index (κ1) is 25.5. The third-order valence-corrected chi connectivity index (χ3v) is 7.63. The molecule has 5 atom stereocenters. The maximum Gasteiger partial charge on any atom is 0.303 e. The second-order valence-electron chi connectivity index (χ2n) is 9.21. The minimum absolute atomic E-state index is 0.00806. The van der Waals surface area contributed by atoms with Crippen LogP contribution in [0.15, 0.2) is 0 Å². The molecule has 2 fully saturated rings. The zero-order chi connectivity index (χ0) is 22.0. The van der Waals surface area contributed by atoms with Crippen molar-refractivity contribution < 1.29 is 24.9 Å². The molecule has 0 aromatic rings. The van der Waals surface area contributed by atoms with Crippen molar-refractivity contribution >= 4 is 17.6 Å². The number of carboxylic acid groups (broad SMARTS) is 1. The summed E-state index contributed by atoms with van der Waals surface area (Å²) in [6, 6.07) is 0. The highest BCUT2D eigenvalue weighted by molar-refractivity contribution is 6.21. The molecule has 0 aromatic carbocycles. The Hall–Kier alpha value is -0.800. The highest BCUT2D eigenvalue weighted by Gasteiger charge is 2.43. The van der Waals surface area contributed by atoms with Crippen molar-refractivity contribution in [2.45, 2.75) is 101 Å². The van der Waals surface area contributed by atoms with E-state index in [4.69, 9.17) is 21.4 Å². The van der Waals surface area contributed by atoms with Crippen molar-refractivity contribution in [1.82, 2.24) is 0 Å². The van der Waals surface area contributed by atoms with E-state index in [1.165, 1.54) is 6.42 Å². The zero-order valence-electron chi connectivity index (χ0n) is 18.3. The molecule has 0 radical (unpaired) electrons. The molecule has 6 heteroatoms. The number of alkyl halides is 1. The summed E-state index contributed by atoms with van der Waals surface area (Å²) in [7, 11) is 1.71. The summed E-state index contributed by atoms with van der Waals surface area (Å²) in [6.07, 6.45) is 10.0. The Morgan fingerprint density at radius 1 is 1.23 bits per heavy atom. The maximum absolute atomic E-state index is 10.8. The first-order chi connectivity index (χ1) is 14.4. The Balaban J connectivity index is 1.81. The lowest BCUT2D eigenvalue weighted by molar-refractivity contribution is -0.137. The fourth-order valence-corrected chi connectivity index (χ4v) is 5.54. The number of halogens is 1. The fraction of sp³-hybridized carbons (Fsp3) is 0.875. The van der Waals surface area contributed by atoms with Gasteiger partial charge in [0.05, 0.1) is 18.1 Å². The minimum Gasteiger partial charge on any atom is -0.481 e. The van der Waals surface area contributed by atoms with Crippen LogP contribution in [0.25, 0.3) is 0 Å². The van der Waals surface area contributed by atoms with Gasteiger partial charge in [0, 0.05) is 31.9 Å². The van der Waals surface area contributed by atoms with Crippen LogP contribution in [-0.2, 0) is 9.53 Å². The van der Waals surface area contributed by atoms with Crippen LogP contribution in [0.1, 0.15) is 83.5 Å². The highest BCUT2D eigenvalue weighted by atomic mass is 35.5. The van der Waals surface area contributed by atoms with Crippen molar-refractivity contribution in [3.05, 3.63) is 0 Å². The molecule has 0 saturated heterocycles. The molecule has 0 spiro atoms. The monoisotopic (exact) mass is 442 g/mol. The molecular weight excluding hydrogens is 404 g/mol. The van der Waals surface area contributed by atoms with Crippen molar-refractivity contribution in [2.24, 2.45) is 17.3 Å². The van der Waals surface area contributed by atoms with E-state index < -0.39 is 18.2 Å². The molecule has 5 nitrogen and oxygen atoms in total. The molecule has 1 unspecified atom stereocenters. The van der Waals surface area contributed by atoms with E-state index in [0.717, 1.165) is 58.0 Å². The Labute approximate surface area is 186 Å². The predicted molar refractivity (Wildman–Crippen MR) is 118 cm³/mol. The van der Waals surface area contributed by atoms with E-state index in [0.29, 0.717) is 19.3 Å². The number of unbranched alkanes of at least 4 members (excludes halogenated alkanes) is 3. The van der Waals surface area contributed by atoms with Gasteiger partial charge >= 0.3 is 5.97 Å². The van der Waals surface area contributed by atoms with Gasteiger partial charge in [-0.2, -0.15) is 0 Å². The van der Waals surface area contributed by atoms with Gasteiger partial charge in [0.15, 0.2) is 0 Å². The number of carbonyl (C=O) groups is 1. The summed E-state index contributed by atoms with van der Waals surface area (Å²) >= 11 is 6.50. The fourth-order valence-electron chi connectivity index (χ4n) is 5.08. The van der Waals surface area contributed by atoms with Gasteiger partial charge in [-0.25, -0.2) is 0 Å². The topological polar surface area (TPSA) is 87.0 Å². The van der Waals surface area contributed by atoms with E-state index in [1.54, 1.807) is 7.11 Å². The van der Waals surface area contributed by atoms with Crippen LogP contribution < -0.4 is 0 Å². The van der Waals surface area contributed by atoms with Gasteiger partial charge in [-0.15, -0.1) is 17.5 Å². The van der Waals surface area contributed by atoms with Crippen molar-refractivity contribution in [3.63, 3.8) is 0 Å². The molecule has 2 aliphatic rings. The van der Waals surface area contributed by atoms with Gasteiger partial charge in [0.25, 0.3) is 0 Å². The van der Waals surface area contributed by atoms with E-state index >= 15 is 0 Å². The summed E-state index contributed by atoms with van der Waals surface area (Å²) in [4.78, 5) is 10.6. The lowest BCUT2D eigenvalue weighted by atomic mass is 9.62. The maximum atomic E-state index is 10.8. The van der Waals surface area contributed by atoms with Crippen LogP contribution >= 0.6 is 11.6 Å². The van der Waals surface area contributed by atoms with Crippen LogP contribution in [-0.4, -0.2) is 52.6 Å². The molecule has 0 aromatic heterocycles. The van der Waals surface area contributed by atoms with Gasteiger partial charge < -0.3 is 20.1 Å². The van der Waals surface area contributed by atoms with Crippen LogP contribution in [0.4, 0.5) is 0 Å². The number of methoxy groups -OCH3 is 1. The normalized spacial score (nSPS) is 28.4. The van der Waals surface area contributed by atoms with Crippen LogP contribution in [0.5, 0.6) is 0 Å². The van der Waals surface area contributed by atoms with Gasteiger partial charge in [0.2, 0.25) is 0 Å². The number of carboxylic acids is 1. The standard InChI is InChI=1S/C24H39ClO5/c1-30-16-8-15-24(13-7-14-24)22(27)11-6-10-19-18(20(25)17-21(19)26)9-4-2-3-5-12-23(28)29/h18-22,26-27H,2-5,7-9,11-17H2,1H3,(H,28,29)/t18-,19-,20-,21-,22?/m1/s1. The summed E-state index contributed by atoms with van der Waals surface area (Å²) in [5.41, 5.74) is -0.00806. The number of hydrogen-bond donors (Lipinski definition) is 3. The lowest BCUT2D eigenvalue weighted by Crippen LogP contribution is -2.41. The Morgan fingerprint density at radius 2 is 1.97 bits per heavy atom. The molecule has 172 valence electrons. The number of aliphatic hydroxyl groups excluding tert-OH is 2. The van der Waals surface area contributed by atoms with E-state index in [9.17, 15) is 15.0 Å². The van der Waals surface area contributed by atoms with E-state index in [-0.39, 0.29) is 29.0 Å². The average Bonchev–Trinajstić information content (AvgIpc) is 2.93. The SMILES string of the molecule is COCCCC1(C(O)CC#C[C@@H]2[C@@H](CCCCCCC(=O)O)[C@H](Cl)C[C@H]2O)CCC1. The first-order valence-electron chi connectivity index (χ1n) is 11.6. The third kappa shape index (κ3) is 7.41. The Bertz CT molecular complexity index is 580. The molecule has 2 saturated carbocycles. The minimum atomic E-state index is -0.741. The number of rotatable bonds is 13. The first-order valence-corrected chi connectivity index (χ1v) is 12.0. The molecule has 0 aliphatic heterocycles. The molecule has 30 heavy (non-hydrogen) atoms. The second-order valence-corrected chi connectivity index (χ2v) is 9.77. The molecule has 0 bridgehead atoms. The molecule has 2 rings (SSSR count). The number of aliphatic hydroxyl groups is 2.